The van der Waals surface area contributed by atoms with Crippen LogP contribution < -0.4 is 10.7 Å². The molecule has 7 heteroatoms. The molecule has 2 aliphatic heterocycles. The molecule has 1 fully saturated rings. The van der Waals surface area contributed by atoms with E-state index in [-0.39, 0.29) is 6.04 Å². The van der Waals surface area contributed by atoms with Crippen LogP contribution in [0.2, 0.25) is 5.02 Å². The van der Waals surface area contributed by atoms with Gasteiger partial charge < -0.3 is 15.6 Å². The first kappa shape index (κ1) is 19.4. The molecule has 3 N–H and O–H groups in total. The number of fused-ring (bicyclic) bond motifs is 3. The second kappa shape index (κ2) is 7.60. The first-order chi connectivity index (χ1) is 14.5. The van der Waals surface area contributed by atoms with Crippen molar-refractivity contribution < 1.29 is 14.6 Å². The number of hydrogen-bond acceptors (Lipinski definition) is 5. The molecule has 5 rings (SSSR count). The predicted octanol–water partition coefficient (Wildman–Crippen LogP) is 4.20. The lowest BCUT2D eigenvalue weighted by Crippen LogP contribution is -2.43. The lowest BCUT2D eigenvalue weighted by molar-refractivity contribution is 0.0543. The molecule has 1 saturated heterocycles. The van der Waals surface area contributed by atoms with Crippen LogP contribution in [0, 0.1) is 11.8 Å². The van der Waals surface area contributed by atoms with Gasteiger partial charge >= 0.3 is 5.97 Å². The third kappa shape index (κ3) is 3.24. The summed E-state index contributed by atoms with van der Waals surface area (Å²) in [5.74, 6) is -0.125. The number of aromatic carboxylic acids is 1. The van der Waals surface area contributed by atoms with Gasteiger partial charge in [0.1, 0.15) is 0 Å². The molecule has 6 nitrogen and oxygen atoms in total. The van der Waals surface area contributed by atoms with Crippen LogP contribution in [0.5, 0.6) is 0 Å². The maximum atomic E-state index is 11.4. The predicted molar refractivity (Wildman–Crippen MR) is 117 cm³/mol. The average molecular weight is 426 g/mol. The van der Waals surface area contributed by atoms with Gasteiger partial charge in [-0.3, -0.25) is 5.01 Å². The Balaban J connectivity index is 1.58. The van der Waals surface area contributed by atoms with E-state index >= 15 is 0 Å². The minimum Gasteiger partial charge on any atom is -0.478 e. The van der Waals surface area contributed by atoms with Crippen molar-refractivity contribution in [2.24, 2.45) is 16.9 Å². The number of nitrogens with two attached hydrogens (primary N) is 1. The highest BCUT2D eigenvalue weighted by atomic mass is 35.5. The van der Waals surface area contributed by atoms with Crippen molar-refractivity contribution in [1.82, 2.24) is 0 Å². The normalized spacial score (nSPS) is 23.6. The van der Waals surface area contributed by atoms with Crippen LogP contribution in [0.4, 0.5) is 11.4 Å². The van der Waals surface area contributed by atoms with Gasteiger partial charge in [-0.2, -0.15) is 5.10 Å². The van der Waals surface area contributed by atoms with Crippen LogP contribution in [0.3, 0.4) is 0 Å². The van der Waals surface area contributed by atoms with Gasteiger partial charge in [0.2, 0.25) is 0 Å². The Bertz CT molecular complexity index is 1030. The highest BCUT2D eigenvalue weighted by Gasteiger charge is 2.45. The van der Waals surface area contributed by atoms with Crippen LogP contribution in [0.15, 0.2) is 41.5 Å². The van der Waals surface area contributed by atoms with E-state index in [9.17, 15) is 9.90 Å². The van der Waals surface area contributed by atoms with Crippen LogP contribution >= 0.6 is 11.6 Å². The van der Waals surface area contributed by atoms with Crippen LogP contribution in [0.25, 0.3) is 0 Å². The number of nitrogen functional groups attached to an aromatic ring is 1. The Hall–Kier alpha value is -2.57. The molecule has 1 aliphatic carbocycles. The molecule has 0 radical (unpaired) electrons. The fraction of sp³-hybridized carbons (Fsp3) is 0.391. The van der Waals surface area contributed by atoms with Gasteiger partial charge in [0.25, 0.3) is 0 Å². The largest absolute Gasteiger partial charge is 0.478 e. The summed E-state index contributed by atoms with van der Waals surface area (Å²) in [6.07, 6.45) is 3.83. The molecule has 156 valence electrons. The zero-order valence-corrected chi connectivity index (χ0v) is 17.3. The Kier molecular flexibility index (Phi) is 4.91. The summed E-state index contributed by atoms with van der Waals surface area (Å²) in [5, 5.41) is 17.1. The lowest BCUT2D eigenvalue weighted by Gasteiger charge is -2.37. The summed E-state index contributed by atoms with van der Waals surface area (Å²) in [5.41, 5.74) is 10.9. The quantitative estimate of drug-likeness (QED) is 0.719. The third-order valence-corrected chi connectivity index (χ3v) is 6.94. The molecule has 2 aromatic rings. The van der Waals surface area contributed by atoms with Crippen molar-refractivity contribution in [2.45, 2.75) is 31.7 Å². The molecule has 2 heterocycles. The first-order valence-electron chi connectivity index (χ1n) is 10.4. The minimum atomic E-state index is -0.897. The summed E-state index contributed by atoms with van der Waals surface area (Å²) in [6.45, 7) is 1.55. The highest BCUT2D eigenvalue weighted by molar-refractivity contribution is 6.33. The second-order valence-corrected chi connectivity index (χ2v) is 8.71. The zero-order valence-electron chi connectivity index (χ0n) is 16.6. The number of rotatable bonds is 3. The molecule has 0 aromatic heterocycles. The molecular formula is C23H24ClN3O3. The van der Waals surface area contributed by atoms with E-state index in [2.05, 4.69) is 5.01 Å². The molecule has 0 amide bonds. The van der Waals surface area contributed by atoms with E-state index in [1.807, 2.05) is 24.3 Å². The maximum absolute atomic E-state index is 11.4. The smallest absolute Gasteiger partial charge is 0.335 e. The maximum Gasteiger partial charge on any atom is 0.335 e. The fourth-order valence-corrected chi connectivity index (χ4v) is 5.29. The Morgan fingerprint density at radius 3 is 2.70 bits per heavy atom. The fourth-order valence-electron chi connectivity index (χ4n) is 5.12. The Morgan fingerprint density at radius 2 is 1.97 bits per heavy atom. The van der Waals surface area contributed by atoms with E-state index < -0.39 is 5.97 Å². The number of aryl methyl sites for hydroxylation is 1. The van der Waals surface area contributed by atoms with Crippen LogP contribution in [-0.4, -0.2) is 36.0 Å². The number of anilines is 2. The minimum absolute atomic E-state index is 0.232. The molecular weight excluding hydrogens is 402 g/mol. The molecule has 0 saturated carbocycles. The molecule has 0 spiro atoms. The number of halogens is 1. The summed E-state index contributed by atoms with van der Waals surface area (Å²) in [4.78, 5) is 11.4. The number of hydrogen-bond donors (Lipinski definition) is 2. The SMILES string of the molecule is Nc1ccc(N2N=C3c4ccc(C(=O)O)cc4CCC3C2C2CCOCC2)cc1Cl. The van der Waals surface area contributed by atoms with Gasteiger partial charge in [0, 0.05) is 24.7 Å². The lowest BCUT2D eigenvalue weighted by atomic mass is 9.73. The van der Waals surface area contributed by atoms with Crippen LogP contribution in [-0.2, 0) is 11.2 Å². The highest BCUT2D eigenvalue weighted by Crippen LogP contribution is 2.43. The van der Waals surface area contributed by atoms with Gasteiger partial charge in [0.15, 0.2) is 0 Å². The average Bonchev–Trinajstić information content (AvgIpc) is 3.16. The summed E-state index contributed by atoms with van der Waals surface area (Å²) >= 11 is 6.33. The van der Waals surface area contributed by atoms with Crippen molar-refractivity contribution in [3.8, 4) is 0 Å². The molecule has 2 aromatic carbocycles. The van der Waals surface area contributed by atoms with E-state index in [1.54, 1.807) is 12.1 Å². The van der Waals surface area contributed by atoms with Crippen molar-refractivity contribution in [3.63, 3.8) is 0 Å². The third-order valence-electron chi connectivity index (χ3n) is 6.61. The topological polar surface area (TPSA) is 88.2 Å². The van der Waals surface area contributed by atoms with Gasteiger partial charge in [-0.05, 0) is 67.5 Å². The van der Waals surface area contributed by atoms with Gasteiger partial charge in [-0.1, -0.05) is 17.7 Å². The molecule has 0 bridgehead atoms. The number of nitrogens with zero attached hydrogens (tertiary/aromatic N) is 2. The van der Waals surface area contributed by atoms with Gasteiger partial charge in [-0.25, -0.2) is 4.79 Å². The van der Waals surface area contributed by atoms with E-state index in [0.717, 1.165) is 61.4 Å². The van der Waals surface area contributed by atoms with Crippen molar-refractivity contribution >= 4 is 34.7 Å². The summed E-state index contributed by atoms with van der Waals surface area (Å²) in [7, 11) is 0. The molecule has 2 atom stereocenters. The number of benzene rings is 2. The monoisotopic (exact) mass is 425 g/mol. The number of hydrazone groups is 1. The van der Waals surface area contributed by atoms with Crippen molar-refractivity contribution in [1.29, 1.82) is 0 Å². The summed E-state index contributed by atoms with van der Waals surface area (Å²) in [6, 6.07) is 11.3. The number of ether oxygens (including phenoxy) is 1. The molecule has 2 unspecified atom stereocenters. The Labute approximate surface area is 180 Å². The van der Waals surface area contributed by atoms with Gasteiger partial charge in [-0.15, -0.1) is 0 Å². The Morgan fingerprint density at radius 1 is 1.17 bits per heavy atom. The standard InChI is InChI=1S/C23H24ClN3O3/c24-19-12-16(3-6-20(19)25)27-22(13-7-9-30-10-8-13)18-5-1-14-11-15(23(28)29)2-4-17(14)21(18)26-27/h2-4,6,11-13,18,22H,1,5,7-10,25H2,(H,28,29). The van der Waals surface area contributed by atoms with E-state index in [1.165, 1.54) is 0 Å². The number of carboxylic acids is 1. The van der Waals surface area contributed by atoms with E-state index in [4.69, 9.17) is 27.2 Å². The van der Waals surface area contributed by atoms with Crippen molar-refractivity contribution in [3.05, 3.63) is 58.1 Å². The van der Waals surface area contributed by atoms with E-state index in [0.29, 0.717) is 28.1 Å². The molecule has 30 heavy (non-hydrogen) atoms. The summed E-state index contributed by atoms with van der Waals surface area (Å²) < 4.78 is 5.61. The first-order valence-corrected chi connectivity index (χ1v) is 10.8. The second-order valence-electron chi connectivity index (χ2n) is 8.30. The zero-order chi connectivity index (χ0) is 20.8. The molecule has 3 aliphatic rings. The van der Waals surface area contributed by atoms with Gasteiger partial charge in [0.05, 0.1) is 33.7 Å². The van der Waals surface area contributed by atoms with Crippen molar-refractivity contribution in [2.75, 3.05) is 24.0 Å². The van der Waals surface area contributed by atoms with Crippen LogP contribution in [0.1, 0.15) is 40.7 Å². The number of carbonyl (C=O) groups is 1. The number of carboxylic acid groups (broad SMARTS) is 1.